The molecule has 0 aliphatic heterocycles. The van der Waals surface area contributed by atoms with E-state index in [9.17, 15) is 0 Å². The Morgan fingerprint density at radius 3 is 1.84 bits per heavy atom. The van der Waals surface area contributed by atoms with Crippen LogP contribution in [0.2, 0.25) is 0 Å². The average molecular weight is 335 g/mol. The second-order valence-electron chi connectivity index (χ2n) is 6.19. The maximum absolute atomic E-state index is 4.31. The molecule has 0 atom stereocenters. The smallest absolute Gasteiger partial charge is 0.113 e. The lowest BCUT2D eigenvalue weighted by molar-refractivity contribution is 0.153. The Morgan fingerprint density at radius 2 is 1.32 bits per heavy atom. The van der Waals surface area contributed by atoms with Crippen molar-refractivity contribution in [2.24, 2.45) is 0 Å². The molecule has 4 rings (SSSR count). The maximum Gasteiger partial charge on any atom is 0.113 e. The summed E-state index contributed by atoms with van der Waals surface area (Å²) in [7, 11) is 0. The van der Waals surface area contributed by atoms with E-state index >= 15 is 0 Å². The summed E-state index contributed by atoms with van der Waals surface area (Å²) in [5.41, 5.74) is 3.94. The third-order valence-corrected chi connectivity index (χ3v) is 4.34. The number of benzene rings is 2. The van der Waals surface area contributed by atoms with Crippen LogP contribution in [0.15, 0.2) is 48.5 Å². The molecule has 7 heteroatoms. The summed E-state index contributed by atoms with van der Waals surface area (Å²) in [6.45, 7) is 4.52. The first-order chi connectivity index (χ1) is 12.3. The van der Waals surface area contributed by atoms with Gasteiger partial charge in [-0.25, -0.2) is 9.36 Å². The van der Waals surface area contributed by atoms with E-state index < -0.39 is 0 Å². The van der Waals surface area contributed by atoms with Crippen LogP contribution in [-0.4, -0.2) is 41.4 Å². The Balaban J connectivity index is 1.59. The lowest BCUT2D eigenvalue weighted by atomic mass is 10.3. The first kappa shape index (κ1) is 15.7. The van der Waals surface area contributed by atoms with Crippen LogP contribution in [0.25, 0.3) is 22.1 Å². The standard InChI is InChI=1S/C18H21N7/c1-2-3-12-23(13-24-17-10-6-4-8-15(17)19-21-24)14-25-18-11-7-5-9-16(18)20-22-25/h4-11H,2-3,12-14H2,1H3. The fourth-order valence-electron chi connectivity index (χ4n) is 2.99. The third-order valence-electron chi connectivity index (χ3n) is 4.34. The topological polar surface area (TPSA) is 64.7 Å². The van der Waals surface area contributed by atoms with E-state index in [1.54, 1.807) is 0 Å². The molecule has 0 N–H and O–H groups in total. The molecule has 0 aliphatic rings. The van der Waals surface area contributed by atoms with Gasteiger partial charge in [0.1, 0.15) is 11.0 Å². The van der Waals surface area contributed by atoms with Gasteiger partial charge in [-0.3, -0.25) is 4.90 Å². The number of nitrogens with zero attached hydrogens (tertiary/aromatic N) is 7. The van der Waals surface area contributed by atoms with Crippen LogP contribution in [0.5, 0.6) is 0 Å². The zero-order chi connectivity index (χ0) is 17.1. The Bertz CT molecular complexity index is 896. The Labute approximate surface area is 145 Å². The van der Waals surface area contributed by atoms with E-state index in [1.165, 1.54) is 0 Å². The summed E-state index contributed by atoms with van der Waals surface area (Å²) in [5, 5.41) is 17.1. The van der Waals surface area contributed by atoms with Gasteiger partial charge in [-0.05, 0) is 30.7 Å². The van der Waals surface area contributed by atoms with Crippen molar-refractivity contribution in [3.63, 3.8) is 0 Å². The lowest BCUT2D eigenvalue weighted by Crippen LogP contribution is -2.31. The van der Waals surface area contributed by atoms with E-state index in [1.807, 2.05) is 45.8 Å². The Morgan fingerprint density at radius 1 is 0.800 bits per heavy atom. The fourth-order valence-corrected chi connectivity index (χ4v) is 2.99. The van der Waals surface area contributed by atoms with Crippen LogP contribution in [0.3, 0.4) is 0 Å². The minimum Gasteiger partial charge on any atom is -0.265 e. The lowest BCUT2D eigenvalue weighted by Gasteiger charge is -2.22. The fraction of sp³-hybridized carbons (Fsp3) is 0.333. The molecule has 0 aliphatic carbocycles. The predicted octanol–water partition coefficient (Wildman–Crippen LogP) is 2.89. The van der Waals surface area contributed by atoms with Gasteiger partial charge in [0, 0.05) is 6.54 Å². The van der Waals surface area contributed by atoms with Crippen molar-refractivity contribution in [1.29, 1.82) is 0 Å². The van der Waals surface area contributed by atoms with Gasteiger partial charge >= 0.3 is 0 Å². The summed E-state index contributed by atoms with van der Waals surface area (Å²) in [4.78, 5) is 2.33. The SMILES string of the molecule is CCCCN(Cn1nnc2ccccc21)Cn1nnc2ccccc21. The number of fused-ring (bicyclic) bond motifs is 2. The number of para-hydroxylation sites is 2. The van der Waals surface area contributed by atoms with Crippen LogP contribution in [0.1, 0.15) is 19.8 Å². The quantitative estimate of drug-likeness (QED) is 0.519. The molecule has 0 saturated heterocycles. The molecule has 0 unspecified atom stereocenters. The normalized spacial score (nSPS) is 11.8. The molecule has 4 aromatic rings. The van der Waals surface area contributed by atoms with Crippen molar-refractivity contribution in [2.45, 2.75) is 33.1 Å². The van der Waals surface area contributed by atoms with E-state index in [0.29, 0.717) is 13.3 Å². The molecule has 0 bridgehead atoms. The second-order valence-corrected chi connectivity index (χ2v) is 6.19. The molecule has 0 radical (unpaired) electrons. The van der Waals surface area contributed by atoms with Gasteiger partial charge in [0.2, 0.25) is 0 Å². The molecule has 0 amide bonds. The minimum absolute atomic E-state index is 0.675. The summed E-state index contributed by atoms with van der Waals surface area (Å²) in [6, 6.07) is 16.1. The van der Waals surface area contributed by atoms with Crippen molar-refractivity contribution in [3.8, 4) is 0 Å². The molecule has 7 nitrogen and oxygen atoms in total. The second kappa shape index (κ2) is 6.98. The van der Waals surface area contributed by atoms with E-state index in [2.05, 4.69) is 44.6 Å². The zero-order valence-electron chi connectivity index (χ0n) is 14.3. The number of hydrogen-bond acceptors (Lipinski definition) is 5. The van der Waals surface area contributed by atoms with Gasteiger partial charge < -0.3 is 0 Å². The highest BCUT2D eigenvalue weighted by Gasteiger charge is 2.12. The molecular formula is C18H21N7. The van der Waals surface area contributed by atoms with Gasteiger partial charge in [0.05, 0.1) is 24.4 Å². The van der Waals surface area contributed by atoms with Crippen LogP contribution in [-0.2, 0) is 13.3 Å². The molecule has 128 valence electrons. The number of rotatable bonds is 7. The van der Waals surface area contributed by atoms with Crippen LogP contribution < -0.4 is 0 Å². The summed E-state index contributed by atoms with van der Waals surface area (Å²) in [6.07, 6.45) is 2.27. The highest BCUT2D eigenvalue weighted by molar-refractivity contribution is 5.74. The largest absolute Gasteiger partial charge is 0.265 e. The minimum atomic E-state index is 0.675. The van der Waals surface area contributed by atoms with Crippen molar-refractivity contribution in [3.05, 3.63) is 48.5 Å². The van der Waals surface area contributed by atoms with Crippen molar-refractivity contribution >= 4 is 22.1 Å². The van der Waals surface area contributed by atoms with E-state index in [-0.39, 0.29) is 0 Å². The van der Waals surface area contributed by atoms with E-state index in [4.69, 9.17) is 0 Å². The predicted molar refractivity (Wildman–Crippen MR) is 96.7 cm³/mol. The number of hydrogen-bond donors (Lipinski definition) is 0. The van der Waals surface area contributed by atoms with E-state index in [0.717, 1.165) is 41.5 Å². The summed E-state index contributed by atoms with van der Waals surface area (Å²) in [5.74, 6) is 0. The van der Waals surface area contributed by atoms with Gasteiger partial charge in [-0.15, -0.1) is 10.2 Å². The molecule has 0 spiro atoms. The van der Waals surface area contributed by atoms with Crippen LogP contribution in [0, 0.1) is 0 Å². The Hall–Kier alpha value is -2.80. The molecule has 25 heavy (non-hydrogen) atoms. The monoisotopic (exact) mass is 335 g/mol. The summed E-state index contributed by atoms with van der Waals surface area (Å²) >= 11 is 0. The first-order valence-corrected chi connectivity index (χ1v) is 8.64. The zero-order valence-corrected chi connectivity index (χ0v) is 14.3. The van der Waals surface area contributed by atoms with Crippen molar-refractivity contribution in [2.75, 3.05) is 6.54 Å². The molecular weight excluding hydrogens is 314 g/mol. The average Bonchev–Trinajstić information content (AvgIpc) is 3.25. The van der Waals surface area contributed by atoms with Gasteiger partial charge in [-0.2, -0.15) is 0 Å². The van der Waals surface area contributed by atoms with Crippen LogP contribution in [0.4, 0.5) is 0 Å². The van der Waals surface area contributed by atoms with Crippen LogP contribution >= 0.6 is 0 Å². The molecule has 2 aromatic carbocycles. The molecule has 0 saturated carbocycles. The Kier molecular flexibility index (Phi) is 4.39. The number of aromatic nitrogens is 6. The highest BCUT2D eigenvalue weighted by Crippen LogP contribution is 2.14. The first-order valence-electron chi connectivity index (χ1n) is 8.64. The molecule has 0 fully saturated rings. The molecule has 2 heterocycles. The highest BCUT2D eigenvalue weighted by atomic mass is 15.5. The van der Waals surface area contributed by atoms with Gasteiger partial charge in [-0.1, -0.05) is 48.0 Å². The maximum atomic E-state index is 4.31. The third kappa shape index (κ3) is 3.23. The number of unbranched alkanes of at least 4 members (excludes halogenated alkanes) is 1. The summed E-state index contributed by atoms with van der Waals surface area (Å²) < 4.78 is 3.90. The van der Waals surface area contributed by atoms with Crippen molar-refractivity contribution in [1.82, 2.24) is 34.9 Å². The molecule has 2 aromatic heterocycles. The van der Waals surface area contributed by atoms with Gasteiger partial charge in [0.25, 0.3) is 0 Å². The van der Waals surface area contributed by atoms with Crippen molar-refractivity contribution < 1.29 is 0 Å². The van der Waals surface area contributed by atoms with Gasteiger partial charge in [0.15, 0.2) is 0 Å².